The van der Waals surface area contributed by atoms with Crippen LogP contribution in [0.2, 0.25) is 0 Å². The van der Waals surface area contributed by atoms with Crippen LogP contribution in [0.1, 0.15) is 51.4 Å². The minimum Gasteiger partial charge on any atom is -0.313 e. The Hall–Kier alpha value is -0.840. The first-order valence-electron chi connectivity index (χ1n) is 6.73. The average molecular weight is 218 g/mol. The zero-order chi connectivity index (χ0) is 11.4. The first-order valence-corrected chi connectivity index (χ1v) is 6.73. The summed E-state index contributed by atoms with van der Waals surface area (Å²) in [6, 6.07) is 2.41. The van der Waals surface area contributed by atoms with Gasteiger partial charge in [0.25, 0.3) is 0 Å². The fourth-order valence-electron chi connectivity index (χ4n) is 3.50. The maximum atomic E-state index is 8.88. The number of nitrogens with one attached hydrogen (secondary N) is 1. The Morgan fingerprint density at radius 2 is 1.38 bits per heavy atom. The molecule has 88 valence electrons. The van der Waals surface area contributed by atoms with Crippen molar-refractivity contribution in [3.05, 3.63) is 0 Å². The lowest BCUT2D eigenvalue weighted by Gasteiger charge is -2.35. The van der Waals surface area contributed by atoms with Gasteiger partial charge in [-0.15, -0.1) is 0 Å². The first kappa shape index (κ1) is 11.6. The van der Waals surface area contributed by atoms with Crippen LogP contribution in [0.25, 0.3) is 0 Å². The molecule has 2 saturated carbocycles. The van der Waals surface area contributed by atoms with Gasteiger partial charge in [0.15, 0.2) is 0 Å². The van der Waals surface area contributed by atoms with Gasteiger partial charge in [-0.3, -0.25) is 0 Å². The number of hydrogen-bond donors (Lipinski definition) is 1. The summed E-state index contributed by atoms with van der Waals surface area (Å²) in [4.78, 5) is 0. The summed E-state index contributed by atoms with van der Waals surface area (Å²) in [6.45, 7) is 0. The summed E-state index contributed by atoms with van der Waals surface area (Å²) in [5.74, 6) is 2.69. The van der Waals surface area contributed by atoms with Gasteiger partial charge in [0.05, 0.1) is 6.07 Å². The van der Waals surface area contributed by atoms with Gasteiger partial charge in [0, 0.05) is 5.92 Å². The topological polar surface area (TPSA) is 47.6 Å². The maximum Gasteiger partial charge on any atom is 0.0655 e. The average Bonchev–Trinajstić information content (AvgIpc) is 2.39. The monoisotopic (exact) mass is 218 g/mol. The third-order valence-electron chi connectivity index (χ3n) is 4.67. The lowest BCUT2D eigenvalue weighted by molar-refractivity contribution is 0.172. The zero-order valence-electron chi connectivity index (χ0n) is 9.99. The molecule has 2 nitrogen and oxygen atoms in total. The van der Waals surface area contributed by atoms with E-state index in [-0.39, 0.29) is 0 Å². The first-order chi connectivity index (χ1) is 7.83. The Bertz CT molecular complexity index is 263. The van der Waals surface area contributed by atoms with Gasteiger partial charge in [0.1, 0.15) is 0 Å². The summed E-state index contributed by atoms with van der Waals surface area (Å²) in [5, 5.41) is 16.2. The smallest absolute Gasteiger partial charge is 0.0655 e. The molecule has 0 aromatic carbocycles. The van der Waals surface area contributed by atoms with Crippen LogP contribution in [0.5, 0.6) is 0 Å². The molecule has 0 radical (unpaired) electrons. The molecular formula is C14H22N2. The highest BCUT2D eigenvalue weighted by Crippen LogP contribution is 2.40. The highest BCUT2D eigenvalue weighted by Gasteiger charge is 2.30. The van der Waals surface area contributed by atoms with Gasteiger partial charge in [-0.05, 0) is 75.3 Å². The molecule has 2 heteroatoms. The third kappa shape index (κ3) is 2.64. The van der Waals surface area contributed by atoms with Gasteiger partial charge in [-0.25, -0.2) is 0 Å². The molecular weight excluding hydrogens is 196 g/mol. The molecule has 16 heavy (non-hydrogen) atoms. The molecule has 0 atom stereocenters. The maximum absolute atomic E-state index is 8.88. The van der Waals surface area contributed by atoms with Crippen LogP contribution < -0.4 is 0 Å². The Morgan fingerprint density at radius 3 is 1.81 bits per heavy atom. The number of rotatable bonds is 2. The van der Waals surface area contributed by atoms with Crippen LogP contribution in [-0.2, 0) is 0 Å². The fraction of sp³-hybridized carbons (Fsp3) is 0.857. The van der Waals surface area contributed by atoms with Gasteiger partial charge in [-0.1, -0.05) is 0 Å². The fourth-order valence-corrected chi connectivity index (χ4v) is 3.50. The molecule has 0 spiro atoms. The molecule has 2 rings (SSSR count). The number of hydrogen-bond acceptors (Lipinski definition) is 2. The molecule has 0 aliphatic heterocycles. The van der Waals surface area contributed by atoms with Gasteiger partial charge < -0.3 is 5.41 Å². The molecule has 0 heterocycles. The third-order valence-corrected chi connectivity index (χ3v) is 4.67. The molecule has 0 aromatic heterocycles. The van der Waals surface area contributed by atoms with Gasteiger partial charge >= 0.3 is 0 Å². The van der Waals surface area contributed by atoms with E-state index in [1.54, 1.807) is 6.21 Å². The van der Waals surface area contributed by atoms with Crippen molar-refractivity contribution in [1.29, 1.82) is 10.7 Å². The predicted molar refractivity (Wildman–Crippen MR) is 65.3 cm³/mol. The van der Waals surface area contributed by atoms with Crippen molar-refractivity contribution in [3.8, 4) is 6.07 Å². The highest BCUT2D eigenvalue weighted by molar-refractivity contribution is 5.56. The van der Waals surface area contributed by atoms with Gasteiger partial charge in [0.2, 0.25) is 0 Å². The molecule has 0 bridgehead atoms. The minimum absolute atomic E-state index is 0.342. The second-order valence-corrected chi connectivity index (χ2v) is 5.58. The van der Waals surface area contributed by atoms with Crippen molar-refractivity contribution in [3.63, 3.8) is 0 Å². The number of nitriles is 1. The quantitative estimate of drug-likeness (QED) is 0.704. The van der Waals surface area contributed by atoms with E-state index in [2.05, 4.69) is 6.07 Å². The van der Waals surface area contributed by atoms with E-state index in [1.165, 1.54) is 38.5 Å². The van der Waals surface area contributed by atoms with Crippen molar-refractivity contribution >= 4 is 6.21 Å². The van der Waals surface area contributed by atoms with Crippen molar-refractivity contribution in [2.45, 2.75) is 51.4 Å². The predicted octanol–water partition coefficient (Wildman–Crippen LogP) is 3.77. The lowest BCUT2D eigenvalue weighted by Crippen LogP contribution is -2.25. The molecule has 0 amide bonds. The largest absolute Gasteiger partial charge is 0.313 e. The van der Waals surface area contributed by atoms with Crippen molar-refractivity contribution in [1.82, 2.24) is 0 Å². The Labute approximate surface area is 98.5 Å². The zero-order valence-corrected chi connectivity index (χ0v) is 9.99. The Balaban J connectivity index is 1.78. The number of nitrogens with zero attached hydrogens (tertiary/aromatic N) is 1. The van der Waals surface area contributed by atoms with Crippen LogP contribution in [0.15, 0.2) is 0 Å². The summed E-state index contributed by atoms with van der Waals surface area (Å²) < 4.78 is 0. The summed E-state index contributed by atoms with van der Waals surface area (Å²) in [7, 11) is 0. The minimum atomic E-state index is 0.342. The van der Waals surface area contributed by atoms with Gasteiger partial charge in [-0.2, -0.15) is 5.26 Å². The van der Waals surface area contributed by atoms with E-state index in [4.69, 9.17) is 10.7 Å². The molecule has 2 fully saturated rings. The normalized spacial score (nSPS) is 39.9. The molecule has 2 aliphatic carbocycles. The van der Waals surface area contributed by atoms with Crippen LogP contribution in [-0.4, -0.2) is 6.21 Å². The standard InChI is InChI=1S/C14H22N2/c15-9-11-1-5-13(6-2-11)14-7-3-12(10-16)4-8-14/h9,11-15H,1-8H2. The molecule has 1 N–H and O–H groups in total. The van der Waals surface area contributed by atoms with Crippen molar-refractivity contribution in [2.75, 3.05) is 0 Å². The summed E-state index contributed by atoms with van der Waals surface area (Å²) in [6.07, 6.45) is 11.6. The molecule has 2 aliphatic rings. The summed E-state index contributed by atoms with van der Waals surface area (Å²) in [5.41, 5.74) is 0. The van der Waals surface area contributed by atoms with E-state index >= 15 is 0 Å². The summed E-state index contributed by atoms with van der Waals surface area (Å²) >= 11 is 0. The van der Waals surface area contributed by atoms with Crippen LogP contribution in [0.3, 0.4) is 0 Å². The highest BCUT2D eigenvalue weighted by atomic mass is 14.4. The lowest BCUT2D eigenvalue weighted by atomic mass is 9.69. The molecule has 0 saturated heterocycles. The second kappa shape index (κ2) is 5.48. The van der Waals surface area contributed by atoms with Crippen molar-refractivity contribution in [2.24, 2.45) is 23.7 Å². The van der Waals surface area contributed by atoms with E-state index in [1.807, 2.05) is 0 Å². The molecule has 0 unspecified atom stereocenters. The second-order valence-electron chi connectivity index (χ2n) is 5.58. The van der Waals surface area contributed by atoms with E-state index in [0.29, 0.717) is 11.8 Å². The molecule has 0 aromatic rings. The van der Waals surface area contributed by atoms with E-state index in [0.717, 1.165) is 24.7 Å². The van der Waals surface area contributed by atoms with E-state index in [9.17, 15) is 0 Å². The van der Waals surface area contributed by atoms with Crippen LogP contribution in [0.4, 0.5) is 0 Å². The van der Waals surface area contributed by atoms with Crippen LogP contribution in [0, 0.1) is 40.4 Å². The van der Waals surface area contributed by atoms with Crippen molar-refractivity contribution < 1.29 is 0 Å². The van der Waals surface area contributed by atoms with Crippen LogP contribution >= 0.6 is 0 Å². The SMILES string of the molecule is N#CC1CCC(C2CCC(C=N)CC2)CC1. The van der Waals surface area contributed by atoms with E-state index < -0.39 is 0 Å². The Morgan fingerprint density at radius 1 is 0.875 bits per heavy atom. The Kier molecular flexibility index (Phi) is 3.98.